The number of hydrogen-bond acceptors (Lipinski definition) is 5. The third kappa shape index (κ3) is 5.57. The number of carbonyl (C=O) groups excluding carboxylic acids is 2. The molecule has 1 aliphatic rings. The van der Waals surface area contributed by atoms with E-state index in [0.717, 1.165) is 12.8 Å². The van der Waals surface area contributed by atoms with E-state index in [1.54, 1.807) is 4.90 Å². The van der Waals surface area contributed by atoms with Gasteiger partial charge in [0.05, 0.1) is 0 Å². The molecule has 9 heteroatoms. The smallest absolute Gasteiger partial charge is 0.330 e. The SMILES string of the molecule is CCCCn1c(N)c(N(CCC)C(=O)C2CCN(C(=O)C(C)(C)C)CC2)c(=O)[nH]c1=O. The number of carbonyl (C=O) groups is 2. The molecular weight excluding hydrogens is 398 g/mol. The van der Waals surface area contributed by atoms with Crippen LogP contribution in [0.4, 0.5) is 11.5 Å². The molecule has 31 heavy (non-hydrogen) atoms. The number of unbranched alkanes of at least 4 members (excludes halogenated alkanes) is 1. The zero-order valence-corrected chi connectivity index (χ0v) is 19.5. The molecule has 0 unspecified atom stereocenters. The standard InChI is InChI=1S/C22H37N5O4/c1-6-8-12-27-17(23)16(18(28)24-21(27)31)26(11-7-2)19(29)15-9-13-25(14-10-15)20(30)22(3,4)5/h15H,6-14,23H2,1-5H3,(H,24,28,31). The van der Waals surface area contributed by atoms with Crippen LogP contribution in [0.2, 0.25) is 0 Å². The topological polar surface area (TPSA) is 121 Å². The fourth-order valence-electron chi connectivity index (χ4n) is 3.96. The van der Waals surface area contributed by atoms with Crippen molar-refractivity contribution in [1.82, 2.24) is 14.5 Å². The van der Waals surface area contributed by atoms with E-state index in [1.165, 1.54) is 9.47 Å². The summed E-state index contributed by atoms with van der Waals surface area (Å²) >= 11 is 0. The van der Waals surface area contributed by atoms with Crippen LogP contribution >= 0.6 is 0 Å². The first-order valence-electron chi connectivity index (χ1n) is 11.3. The van der Waals surface area contributed by atoms with Gasteiger partial charge in [-0.1, -0.05) is 41.0 Å². The average molecular weight is 436 g/mol. The summed E-state index contributed by atoms with van der Waals surface area (Å²) in [5.74, 6) is -0.371. The molecule has 2 heterocycles. The number of hydrogen-bond donors (Lipinski definition) is 2. The second kappa shape index (κ2) is 10.2. The monoisotopic (exact) mass is 435 g/mol. The first-order valence-corrected chi connectivity index (χ1v) is 11.3. The van der Waals surface area contributed by atoms with Gasteiger partial charge in [-0.05, 0) is 25.7 Å². The van der Waals surface area contributed by atoms with Crippen LogP contribution in [0.1, 0.15) is 66.7 Å². The lowest BCUT2D eigenvalue weighted by molar-refractivity contribution is -0.142. The van der Waals surface area contributed by atoms with Gasteiger partial charge in [-0.15, -0.1) is 0 Å². The van der Waals surface area contributed by atoms with E-state index in [2.05, 4.69) is 4.98 Å². The first-order chi connectivity index (χ1) is 14.5. The van der Waals surface area contributed by atoms with Gasteiger partial charge in [0.25, 0.3) is 5.56 Å². The van der Waals surface area contributed by atoms with Gasteiger partial charge in [0, 0.05) is 37.5 Å². The number of piperidine rings is 1. The van der Waals surface area contributed by atoms with Gasteiger partial charge in [-0.25, -0.2) is 4.79 Å². The van der Waals surface area contributed by atoms with E-state index < -0.39 is 16.7 Å². The van der Waals surface area contributed by atoms with Crippen molar-refractivity contribution in [3.8, 4) is 0 Å². The van der Waals surface area contributed by atoms with Crippen LogP contribution < -0.4 is 21.9 Å². The van der Waals surface area contributed by atoms with Gasteiger partial charge >= 0.3 is 5.69 Å². The molecule has 9 nitrogen and oxygen atoms in total. The number of nitrogen functional groups attached to an aromatic ring is 1. The van der Waals surface area contributed by atoms with Crippen molar-refractivity contribution in [3.63, 3.8) is 0 Å². The lowest BCUT2D eigenvalue weighted by Crippen LogP contribution is -2.49. The highest BCUT2D eigenvalue weighted by atomic mass is 16.2. The lowest BCUT2D eigenvalue weighted by Gasteiger charge is -2.37. The Balaban J connectivity index is 2.29. The molecule has 1 aliphatic heterocycles. The summed E-state index contributed by atoms with van der Waals surface area (Å²) in [6, 6.07) is 0. The molecule has 0 atom stereocenters. The summed E-state index contributed by atoms with van der Waals surface area (Å²) in [7, 11) is 0. The molecule has 2 amide bonds. The molecule has 0 bridgehead atoms. The molecule has 174 valence electrons. The highest BCUT2D eigenvalue weighted by molar-refractivity contribution is 5.97. The zero-order chi connectivity index (χ0) is 23.3. The van der Waals surface area contributed by atoms with Gasteiger partial charge in [-0.2, -0.15) is 0 Å². The van der Waals surface area contributed by atoms with Crippen molar-refractivity contribution in [2.24, 2.45) is 11.3 Å². The number of nitrogens with two attached hydrogens (primary N) is 1. The molecule has 1 saturated heterocycles. The number of rotatable bonds is 7. The van der Waals surface area contributed by atoms with Crippen LogP contribution in [-0.4, -0.2) is 45.9 Å². The minimum Gasteiger partial charge on any atom is -0.383 e. The quantitative estimate of drug-likeness (QED) is 0.678. The highest BCUT2D eigenvalue weighted by Crippen LogP contribution is 2.27. The number of nitrogens with one attached hydrogen (secondary N) is 1. The molecule has 1 aromatic heterocycles. The third-order valence-corrected chi connectivity index (χ3v) is 5.71. The molecule has 3 N–H and O–H groups in total. The summed E-state index contributed by atoms with van der Waals surface area (Å²) in [5.41, 5.74) is 4.62. The number of nitrogens with zero attached hydrogens (tertiary/aromatic N) is 3. The van der Waals surface area contributed by atoms with Crippen molar-refractivity contribution in [2.75, 3.05) is 30.3 Å². The summed E-state index contributed by atoms with van der Waals surface area (Å²) < 4.78 is 1.33. The van der Waals surface area contributed by atoms with Crippen molar-refractivity contribution < 1.29 is 9.59 Å². The Kier molecular flexibility index (Phi) is 8.08. The number of H-pyrrole nitrogens is 1. The summed E-state index contributed by atoms with van der Waals surface area (Å²) in [6.45, 7) is 11.3. The maximum absolute atomic E-state index is 13.4. The van der Waals surface area contributed by atoms with E-state index in [1.807, 2.05) is 34.6 Å². The van der Waals surface area contributed by atoms with E-state index in [-0.39, 0.29) is 29.2 Å². The van der Waals surface area contributed by atoms with Crippen molar-refractivity contribution in [2.45, 2.75) is 73.3 Å². The zero-order valence-electron chi connectivity index (χ0n) is 19.5. The Hall–Kier alpha value is -2.58. The fourth-order valence-corrected chi connectivity index (χ4v) is 3.96. The fraction of sp³-hybridized carbons (Fsp3) is 0.727. The van der Waals surface area contributed by atoms with E-state index in [0.29, 0.717) is 45.4 Å². The van der Waals surface area contributed by atoms with E-state index >= 15 is 0 Å². The number of likely N-dealkylation sites (tertiary alicyclic amines) is 1. The van der Waals surface area contributed by atoms with Gasteiger partial charge in [0.1, 0.15) is 5.82 Å². The van der Waals surface area contributed by atoms with Crippen molar-refractivity contribution >= 4 is 23.3 Å². The maximum atomic E-state index is 13.4. The second-order valence-corrected chi connectivity index (χ2v) is 9.30. The number of anilines is 2. The highest BCUT2D eigenvalue weighted by Gasteiger charge is 2.35. The molecule has 2 rings (SSSR count). The summed E-state index contributed by atoms with van der Waals surface area (Å²) in [5, 5.41) is 0. The van der Waals surface area contributed by atoms with Gasteiger partial charge in [-0.3, -0.25) is 23.9 Å². The van der Waals surface area contributed by atoms with Crippen LogP contribution in [0, 0.1) is 11.3 Å². The summed E-state index contributed by atoms with van der Waals surface area (Å²) in [4.78, 5) is 56.4. The Morgan fingerprint density at radius 2 is 1.74 bits per heavy atom. The minimum atomic E-state index is -0.641. The molecule has 0 radical (unpaired) electrons. The van der Waals surface area contributed by atoms with E-state index in [4.69, 9.17) is 5.73 Å². The number of amides is 2. The Morgan fingerprint density at radius 1 is 1.13 bits per heavy atom. The minimum absolute atomic E-state index is 0.0318. The molecule has 0 saturated carbocycles. The van der Waals surface area contributed by atoms with Crippen LogP contribution in [0.25, 0.3) is 0 Å². The third-order valence-electron chi connectivity index (χ3n) is 5.71. The van der Waals surface area contributed by atoms with E-state index in [9.17, 15) is 19.2 Å². The number of aromatic nitrogens is 2. The molecule has 1 aromatic rings. The van der Waals surface area contributed by atoms with Crippen molar-refractivity contribution in [1.29, 1.82) is 0 Å². The Bertz CT molecular complexity index is 904. The van der Waals surface area contributed by atoms with Crippen LogP contribution in [0.15, 0.2) is 9.59 Å². The number of aromatic amines is 1. The predicted molar refractivity (Wildman–Crippen MR) is 122 cm³/mol. The lowest BCUT2D eigenvalue weighted by atomic mass is 9.90. The van der Waals surface area contributed by atoms with Crippen molar-refractivity contribution in [3.05, 3.63) is 20.8 Å². The molecule has 0 aromatic carbocycles. The van der Waals surface area contributed by atoms with Crippen LogP contribution in [0.3, 0.4) is 0 Å². The van der Waals surface area contributed by atoms with Gasteiger partial charge in [0.15, 0.2) is 5.69 Å². The second-order valence-electron chi connectivity index (χ2n) is 9.30. The molecule has 1 fully saturated rings. The summed E-state index contributed by atoms with van der Waals surface area (Å²) in [6.07, 6.45) is 3.31. The molecule has 0 aliphatic carbocycles. The molecular formula is C22H37N5O4. The molecule has 0 spiro atoms. The van der Waals surface area contributed by atoms with Gasteiger partial charge < -0.3 is 15.5 Å². The normalized spacial score (nSPS) is 15.2. The Labute approximate surface area is 183 Å². The first kappa shape index (κ1) is 24.7. The maximum Gasteiger partial charge on any atom is 0.330 e. The largest absolute Gasteiger partial charge is 0.383 e. The van der Waals surface area contributed by atoms with Crippen LogP contribution in [-0.2, 0) is 16.1 Å². The Morgan fingerprint density at radius 3 is 2.26 bits per heavy atom. The van der Waals surface area contributed by atoms with Gasteiger partial charge in [0.2, 0.25) is 11.8 Å². The average Bonchev–Trinajstić information content (AvgIpc) is 2.71. The predicted octanol–water partition coefficient (Wildman–Crippen LogP) is 1.95. The van der Waals surface area contributed by atoms with Crippen LogP contribution in [0.5, 0.6) is 0 Å².